The molecule has 1 fully saturated rings. The Labute approximate surface area is 182 Å². The summed E-state index contributed by atoms with van der Waals surface area (Å²) in [5, 5.41) is 28.8. The van der Waals surface area contributed by atoms with Crippen LogP contribution in [-0.4, -0.2) is 64.6 Å². The number of benzene rings is 1. The van der Waals surface area contributed by atoms with Crippen LogP contribution in [0.15, 0.2) is 41.7 Å². The molecule has 9 nitrogen and oxygen atoms in total. The van der Waals surface area contributed by atoms with Gasteiger partial charge in [-0.3, -0.25) is 10.8 Å². The molecule has 1 aliphatic rings. The number of nitrogen functional groups attached to an aromatic ring is 1. The molecule has 1 aromatic heterocycles. The van der Waals surface area contributed by atoms with Crippen molar-refractivity contribution in [2.75, 3.05) is 36.8 Å². The number of amidine groups is 1. The SMILES string of the molecule is C/C(=N/O)C(=N)N1CCN(c2cc(C(=N)c3cc(OC(C)C)ccc3N)ccn2)CC1. The summed E-state index contributed by atoms with van der Waals surface area (Å²) in [5.41, 5.74) is 8.61. The third-order valence-electron chi connectivity index (χ3n) is 5.11. The maximum atomic E-state index is 8.88. The zero-order valence-electron chi connectivity index (χ0n) is 18.1. The minimum atomic E-state index is 0.0331. The lowest BCUT2D eigenvalue weighted by atomic mass is 10.0. The molecule has 0 spiro atoms. The summed E-state index contributed by atoms with van der Waals surface area (Å²) in [6.45, 7) is 8.10. The van der Waals surface area contributed by atoms with Crippen LogP contribution in [0.5, 0.6) is 5.75 Å². The number of nitrogens with two attached hydrogens (primary N) is 1. The van der Waals surface area contributed by atoms with E-state index < -0.39 is 0 Å². The van der Waals surface area contributed by atoms with Gasteiger partial charge in [-0.05, 0) is 51.1 Å². The molecule has 2 heterocycles. The first-order chi connectivity index (χ1) is 14.8. The number of rotatable bonds is 6. The van der Waals surface area contributed by atoms with E-state index >= 15 is 0 Å². The van der Waals surface area contributed by atoms with E-state index in [1.54, 1.807) is 31.3 Å². The molecule has 5 N–H and O–H groups in total. The Bertz CT molecular complexity index is 995. The molecule has 0 bridgehead atoms. The van der Waals surface area contributed by atoms with E-state index in [9.17, 15) is 0 Å². The Morgan fingerprint density at radius 1 is 1.16 bits per heavy atom. The zero-order valence-corrected chi connectivity index (χ0v) is 18.1. The van der Waals surface area contributed by atoms with E-state index in [1.807, 2.05) is 30.9 Å². The van der Waals surface area contributed by atoms with Crippen LogP contribution in [0.25, 0.3) is 0 Å². The van der Waals surface area contributed by atoms with Crippen LogP contribution in [0.2, 0.25) is 0 Å². The van der Waals surface area contributed by atoms with E-state index in [0.29, 0.717) is 54.6 Å². The van der Waals surface area contributed by atoms with Gasteiger partial charge >= 0.3 is 0 Å². The molecule has 1 saturated heterocycles. The summed E-state index contributed by atoms with van der Waals surface area (Å²) >= 11 is 0. The lowest BCUT2D eigenvalue weighted by Gasteiger charge is -2.36. The van der Waals surface area contributed by atoms with Gasteiger partial charge in [0.15, 0.2) is 0 Å². The summed E-state index contributed by atoms with van der Waals surface area (Å²) in [7, 11) is 0. The summed E-state index contributed by atoms with van der Waals surface area (Å²) in [5.74, 6) is 1.68. The van der Waals surface area contributed by atoms with Crippen molar-refractivity contribution in [1.29, 1.82) is 10.8 Å². The summed E-state index contributed by atoms with van der Waals surface area (Å²) in [6, 6.07) is 9.06. The standard InChI is InChI=1S/C22H29N7O2/c1-14(2)31-17-4-5-19(23)18(13-17)21(24)16-6-7-26-20(12-16)28-8-10-29(11-9-28)22(25)15(3)27-30/h4-7,12-14,24-25,30H,8-11,23H2,1-3H3/b24-21?,25-22?,27-15-. The molecule has 0 saturated carbocycles. The average Bonchev–Trinajstić information content (AvgIpc) is 2.78. The molecule has 0 amide bonds. The number of pyridine rings is 1. The van der Waals surface area contributed by atoms with Gasteiger partial charge in [0.1, 0.15) is 23.1 Å². The monoisotopic (exact) mass is 423 g/mol. The second-order valence-electron chi connectivity index (χ2n) is 7.70. The minimum Gasteiger partial charge on any atom is -0.491 e. The molecule has 1 aromatic carbocycles. The molecule has 3 rings (SSSR count). The van der Waals surface area contributed by atoms with Crippen LogP contribution in [0.1, 0.15) is 31.9 Å². The molecule has 0 atom stereocenters. The van der Waals surface area contributed by atoms with E-state index in [-0.39, 0.29) is 11.9 Å². The van der Waals surface area contributed by atoms with Crippen LogP contribution >= 0.6 is 0 Å². The van der Waals surface area contributed by atoms with Crippen molar-refractivity contribution in [3.63, 3.8) is 0 Å². The number of hydrogen-bond donors (Lipinski definition) is 4. The number of piperazine rings is 1. The van der Waals surface area contributed by atoms with Gasteiger partial charge in [0.25, 0.3) is 0 Å². The lowest BCUT2D eigenvalue weighted by molar-refractivity contribution is 0.242. The van der Waals surface area contributed by atoms with Gasteiger partial charge in [0, 0.05) is 49.2 Å². The molecular weight excluding hydrogens is 394 g/mol. The third-order valence-corrected chi connectivity index (χ3v) is 5.11. The van der Waals surface area contributed by atoms with Crippen molar-refractivity contribution in [3.05, 3.63) is 47.7 Å². The molecule has 1 aliphatic heterocycles. The van der Waals surface area contributed by atoms with Crippen molar-refractivity contribution in [2.24, 2.45) is 5.16 Å². The van der Waals surface area contributed by atoms with Crippen LogP contribution < -0.4 is 15.4 Å². The zero-order chi connectivity index (χ0) is 22.5. The Morgan fingerprint density at radius 3 is 2.52 bits per heavy atom. The molecule has 2 aromatic rings. The fourth-order valence-electron chi connectivity index (χ4n) is 3.44. The Balaban J connectivity index is 1.75. The molecule has 0 aliphatic carbocycles. The molecule has 164 valence electrons. The summed E-state index contributed by atoms with van der Waals surface area (Å²) < 4.78 is 5.75. The predicted molar refractivity (Wildman–Crippen MR) is 123 cm³/mol. The molecule has 0 radical (unpaired) electrons. The predicted octanol–water partition coefficient (Wildman–Crippen LogP) is 2.82. The fraction of sp³-hybridized carbons (Fsp3) is 0.364. The highest BCUT2D eigenvalue weighted by Crippen LogP contribution is 2.25. The smallest absolute Gasteiger partial charge is 0.146 e. The summed E-state index contributed by atoms with van der Waals surface area (Å²) in [6.07, 6.45) is 1.73. The third kappa shape index (κ3) is 5.11. The maximum Gasteiger partial charge on any atom is 0.146 e. The number of aromatic nitrogens is 1. The van der Waals surface area contributed by atoms with Gasteiger partial charge in [-0.15, -0.1) is 0 Å². The van der Waals surface area contributed by atoms with Gasteiger partial charge in [-0.2, -0.15) is 0 Å². The highest BCUT2D eigenvalue weighted by Gasteiger charge is 2.22. The number of oxime groups is 1. The Kier molecular flexibility index (Phi) is 6.74. The second-order valence-corrected chi connectivity index (χ2v) is 7.70. The minimum absolute atomic E-state index is 0.0331. The van der Waals surface area contributed by atoms with E-state index in [2.05, 4.69) is 15.0 Å². The first-order valence-corrected chi connectivity index (χ1v) is 10.2. The highest BCUT2D eigenvalue weighted by atomic mass is 16.5. The Hall–Kier alpha value is -3.62. The first kappa shape index (κ1) is 22.1. The first-order valence-electron chi connectivity index (χ1n) is 10.2. The van der Waals surface area contributed by atoms with Crippen LogP contribution in [0, 0.1) is 10.8 Å². The van der Waals surface area contributed by atoms with Gasteiger partial charge in [0.2, 0.25) is 0 Å². The van der Waals surface area contributed by atoms with Gasteiger partial charge < -0.3 is 25.5 Å². The van der Waals surface area contributed by atoms with Crippen molar-refractivity contribution >= 4 is 28.8 Å². The molecular formula is C22H29N7O2. The fourth-order valence-corrected chi connectivity index (χ4v) is 3.44. The average molecular weight is 424 g/mol. The van der Waals surface area contributed by atoms with Gasteiger partial charge in [-0.1, -0.05) is 5.16 Å². The number of nitrogens with one attached hydrogen (secondary N) is 2. The van der Waals surface area contributed by atoms with Crippen molar-refractivity contribution in [3.8, 4) is 5.75 Å². The lowest BCUT2D eigenvalue weighted by Crippen LogP contribution is -2.50. The van der Waals surface area contributed by atoms with Gasteiger partial charge in [-0.25, -0.2) is 4.98 Å². The van der Waals surface area contributed by atoms with Crippen molar-refractivity contribution in [1.82, 2.24) is 9.88 Å². The van der Waals surface area contributed by atoms with E-state index in [1.165, 1.54) is 0 Å². The normalized spacial score (nSPS) is 14.6. The van der Waals surface area contributed by atoms with Crippen molar-refractivity contribution < 1.29 is 9.94 Å². The van der Waals surface area contributed by atoms with Crippen LogP contribution in [-0.2, 0) is 0 Å². The van der Waals surface area contributed by atoms with E-state index in [0.717, 1.165) is 11.4 Å². The molecule has 31 heavy (non-hydrogen) atoms. The number of ether oxygens (including phenoxy) is 1. The summed E-state index contributed by atoms with van der Waals surface area (Å²) in [4.78, 5) is 8.47. The van der Waals surface area contributed by atoms with Gasteiger partial charge in [0.05, 0.1) is 11.8 Å². The largest absolute Gasteiger partial charge is 0.491 e. The maximum absolute atomic E-state index is 8.88. The topological polar surface area (TPSA) is 135 Å². The number of hydrogen-bond acceptors (Lipinski definition) is 8. The van der Waals surface area contributed by atoms with E-state index in [4.69, 9.17) is 26.5 Å². The van der Waals surface area contributed by atoms with Crippen LogP contribution in [0.4, 0.5) is 11.5 Å². The highest BCUT2D eigenvalue weighted by molar-refractivity contribution is 6.39. The van der Waals surface area contributed by atoms with Crippen LogP contribution in [0.3, 0.4) is 0 Å². The second kappa shape index (κ2) is 9.46. The molecule has 9 heteroatoms. The quantitative estimate of drug-likeness (QED) is 0.185. The molecule has 0 unspecified atom stereocenters. The number of anilines is 2. The van der Waals surface area contributed by atoms with Crippen molar-refractivity contribution in [2.45, 2.75) is 26.9 Å². The number of nitrogens with zero attached hydrogens (tertiary/aromatic N) is 4. The Morgan fingerprint density at radius 2 is 1.87 bits per heavy atom.